The Bertz CT molecular complexity index is 474. The van der Waals surface area contributed by atoms with Crippen molar-refractivity contribution in [3.63, 3.8) is 0 Å². The van der Waals surface area contributed by atoms with Crippen LogP contribution < -0.4 is 5.32 Å². The Morgan fingerprint density at radius 1 is 1.37 bits per heavy atom. The Kier molecular flexibility index (Phi) is 5.53. The number of halogens is 3. The van der Waals surface area contributed by atoms with Crippen molar-refractivity contribution in [2.75, 3.05) is 18.6 Å². The number of nitrogens with one attached hydrogen (secondary N) is 1. The number of carbonyl (C=O) groups excluding carboxylic acids is 1. The average molecular weight is 293 g/mol. The molecular formula is C12H14F3NO2S. The van der Waals surface area contributed by atoms with Gasteiger partial charge in [-0.2, -0.15) is 13.2 Å². The molecule has 1 aromatic rings. The monoisotopic (exact) mass is 293 g/mol. The quantitative estimate of drug-likeness (QED) is 0.899. The van der Waals surface area contributed by atoms with Crippen molar-refractivity contribution in [1.29, 1.82) is 0 Å². The molecule has 7 heteroatoms. The van der Waals surface area contributed by atoms with Gasteiger partial charge in [-0.1, -0.05) is 18.2 Å². The Labute approximate surface area is 111 Å². The Morgan fingerprint density at radius 3 is 2.63 bits per heavy atom. The number of benzene rings is 1. The molecule has 1 N–H and O–H groups in total. The Hall–Kier alpha value is -1.37. The molecule has 0 saturated carbocycles. The van der Waals surface area contributed by atoms with Crippen molar-refractivity contribution >= 4 is 16.7 Å². The van der Waals surface area contributed by atoms with E-state index in [4.69, 9.17) is 0 Å². The van der Waals surface area contributed by atoms with Gasteiger partial charge in [0.2, 0.25) is 5.91 Å². The average Bonchev–Trinajstić information content (AvgIpc) is 2.35. The van der Waals surface area contributed by atoms with Crippen LogP contribution in [0.2, 0.25) is 0 Å². The first-order valence-corrected chi connectivity index (χ1v) is 7.03. The van der Waals surface area contributed by atoms with Crippen LogP contribution in [-0.4, -0.2) is 28.7 Å². The van der Waals surface area contributed by atoms with Gasteiger partial charge in [-0.3, -0.25) is 9.00 Å². The fourth-order valence-electron chi connectivity index (χ4n) is 1.43. The predicted molar refractivity (Wildman–Crippen MR) is 67.1 cm³/mol. The van der Waals surface area contributed by atoms with Crippen LogP contribution in [-0.2, 0) is 28.2 Å². The molecule has 106 valence electrons. The molecule has 1 atom stereocenters. The number of alkyl halides is 3. The van der Waals surface area contributed by atoms with Crippen LogP contribution in [0.15, 0.2) is 24.3 Å². The van der Waals surface area contributed by atoms with Crippen molar-refractivity contribution in [1.82, 2.24) is 5.32 Å². The smallest absolute Gasteiger partial charge is 0.358 e. The lowest BCUT2D eigenvalue weighted by Gasteiger charge is -2.08. The lowest BCUT2D eigenvalue weighted by Crippen LogP contribution is -2.25. The summed E-state index contributed by atoms with van der Waals surface area (Å²) in [4.78, 5) is 11.0. The summed E-state index contributed by atoms with van der Waals surface area (Å²) in [5, 5.41) is 2.34. The zero-order chi connectivity index (χ0) is 14.5. The molecule has 1 rings (SSSR count). The van der Waals surface area contributed by atoms with Crippen LogP contribution >= 0.6 is 0 Å². The fourth-order valence-corrected chi connectivity index (χ4v) is 2.47. The van der Waals surface area contributed by atoms with Crippen LogP contribution in [0.5, 0.6) is 0 Å². The van der Waals surface area contributed by atoms with Gasteiger partial charge in [-0.05, 0) is 18.1 Å². The van der Waals surface area contributed by atoms with Gasteiger partial charge >= 0.3 is 6.18 Å². The zero-order valence-electron chi connectivity index (χ0n) is 10.3. The summed E-state index contributed by atoms with van der Waals surface area (Å²) < 4.78 is 48.9. The van der Waals surface area contributed by atoms with E-state index in [2.05, 4.69) is 5.32 Å². The topological polar surface area (TPSA) is 46.2 Å². The molecule has 0 bridgehead atoms. The van der Waals surface area contributed by atoms with E-state index in [0.29, 0.717) is 5.56 Å². The first-order valence-electron chi connectivity index (χ1n) is 5.54. The Balaban J connectivity index is 2.59. The lowest BCUT2D eigenvalue weighted by atomic mass is 10.1. The summed E-state index contributed by atoms with van der Waals surface area (Å²) >= 11 is 0. The van der Waals surface area contributed by atoms with Crippen molar-refractivity contribution in [2.24, 2.45) is 0 Å². The minimum Gasteiger partial charge on any atom is -0.358 e. The molecule has 19 heavy (non-hydrogen) atoms. The number of hydrogen-bond acceptors (Lipinski definition) is 2. The number of amides is 1. The molecule has 1 unspecified atom stereocenters. The van der Waals surface area contributed by atoms with Crippen LogP contribution in [0.25, 0.3) is 0 Å². The van der Waals surface area contributed by atoms with Crippen LogP contribution in [0.3, 0.4) is 0 Å². The molecule has 0 saturated heterocycles. The largest absolute Gasteiger partial charge is 0.416 e. The molecule has 0 radical (unpaired) electrons. The van der Waals surface area contributed by atoms with Gasteiger partial charge < -0.3 is 5.32 Å². The van der Waals surface area contributed by atoms with Gasteiger partial charge in [0.1, 0.15) is 5.75 Å². The number of carbonyl (C=O) groups is 1. The van der Waals surface area contributed by atoms with Gasteiger partial charge in [0.05, 0.1) is 5.56 Å². The molecular weight excluding hydrogens is 279 g/mol. The lowest BCUT2D eigenvalue weighted by molar-refractivity contribution is -0.137. The maximum atomic E-state index is 12.5. The summed E-state index contributed by atoms with van der Waals surface area (Å²) in [6, 6.07) is 4.90. The first kappa shape index (κ1) is 15.7. The maximum Gasteiger partial charge on any atom is 0.416 e. The molecule has 3 nitrogen and oxygen atoms in total. The van der Waals surface area contributed by atoms with E-state index in [1.54, 1.807) is 6.07 Å². The minimum atomic E-state index is -4.38. The highest BCUT2D eigenvalue weighted by atomic mass is 32.2. The van der Waals surface area contributed by atoms with Crippen molar-refractivity contribution < 1.29 is 22.2 Å². The molecule has 0 heterocycles. The summed E-state index contributed by atoms with van der Waals surface area (Å²) in [6.45, 7) is 0. The third-order valence-corrected chi connectivity index (χ3v) is 3.69. The molecule has 0 fully saturated rings. The van der Waals surface area contributed by atoms with Crippen LogP contribution in [0, 0.1) is 0 Å². The van der Waals surface area contributed by atoms with Gasteiger partial charge in [0, 0.05) is 23.6 Å². The maximum absolute atomic E-state index is 12.5. The van der Waals surface area contributed by atoms with Crippen LogP contribution in [0.4, 0.5) is 13.2 Å². The standard InChI is InChI=1S/C12H14F3NO2S/c1-16-11(17)8-19(18)6-5-9-3-2-4-10(7-9)12(13,14)15/h2-4,7H,5-6,8H2,1H3,(H,16,17). The fraction of sp³-hybridized carbons (Fsp3) is 0.417. The molecule has 1 amide bonds. The second kappa shape index (κ2) is 6.70. The molecule has 0 spiro atoms. The first-order chi connectivity index (χ1) is 8.82. The second-order valence-corrected chi connectivity index (χ2v) is 5.49. The van der Waals surface area contributed by atoms with Crippen molar-refractivity contribution in [3.05, 3.63) is 35.4 Å². The number of aryl methyl sites for hydroxylation is 1. The highest BCUT2D eigenvalue weighted by molar-refractivity contribution is 7.85. The third-order valence-electron chi connectivity index (χ3n) is 2.44. The van der Waals surface area contributed by atoms with Crippen molar-refractivity contribution in [2.45, 2.75) is 12.6 Å². The zero-order valence-corrected chi connectivity index (χ0v) is 11.1. The molecule has 0 aromatic heterocycles. The molecule has 0 aliphatic carbocycles. The van der Waals surface area contributed by atoms with E-state index in [1.165, 1.54) is 13.1 Å². The summed E-state index contributed by atoms with van der Waals surface area (Å²) in [6.07, 6.45) is -4.13. The molecule has 1 aromatic carbocycles. The van der Waals surface area contributed by atoms with E-state index >= 15 is 0 Å². The van der Waals surface area contributed by atoms with Gasteiger partial charge in [-0.15, -0.1) is 0 Å². The van der Waals surface area contributed by atoms with Crippen LogP contribution in [0.1, 0.15) is 11.1 Å². The highest BCUT2D eigenvalue weighted by Crippen LogP contribution is 2.29. The normalized spacial score (nSPS) is 13.1. The van der Waals surface area contributed by atoms with Gasteiger partial charge in [0.15, 0.2) is 0 Å². The highest BCUT2D eigenvalue weighted by Gasteiger charge is 2.30. The summed E-state index contributed by atoms with van der Waals surface area (Å²) in [5.41, 5.74) is -0.262. The second-order valence-electron chi connectivity index (χ2n) is 3.91. The summed E-state index contributed by atoms with van der Waals surface area (Å²) in [5.74, 6) is -0.313. The van der Waals surface area contributed by atoms with E-state index in [1.807, 2.05) is 0 Å². The Morgan fingerprint density at radius 2 is 2.05 bits per heavy atom. The predicted octanol–water partition coefficient (Wildman–Crippen LogP) is 1.74. The van der Waals surface area contributed by atoms with Crippen molar-refractivity contribution in [3.8, 4) is 0 Å². The molecule has 0 aliphatic heterocycles. The van der Waals surface area contributed by atoms with Gasteiger partial charge in [0.25, 0.3) is 0 Å². The van der Waals surface area contributed by atoms with E-state index in [-0.39, 0.29) is 23.8 Å². The molecule has 0 aliphatic rings. The summed E-state index contributed by atoms with van der Waals surface area (Å²) in [7, 11) is 0.0653. The number of hydrogen-bond donors (Lipinski definition) is 1. The van der Waals surface area contributed by atoms with E-state index in [9.17, 15) is 22.2 Å². The van der Waals surface area contributed by atoms with Gasteiger partial charge in [-0.25, -0.2) is 0 Å². The minimum absolute atomic E-state index is 0.130. The van der Waals surface area contributed by atoms with E-state index in [0.717, 1.165) is 12.1 Å². The van der Waals surface area contributed by atoms with E-state index < -0.39 is 22.5 Å². The SMILES string of the molecule is CNC(=O)CS(=O)CCc1cccc(C(F)(F)F)c1. The third kappa shape index (κ3) is 5.42. The number of rotatable bonds is 5.